The Kier molecular flexibility index (Phi) is 3.84. The minimum Gasteiger partial charge on any atom is -0.281 e. The van der Waals surface area contributed by atoms with Crippen LogP contribution in [-0.2, 0) is 10.0 Å². The van der Waals surface area contributed by atoms with Crippen LogP contribution < -0.4 is 4.72 Å². The van der Waals surface area contributed by atoms with Crippen LogP contribution in [0, 0.1) is 13.8 Å². The molecule has 2 rings (SSSR count). The van der Waals surface area contributed by atoms with E-state index in [1.165, 1.54) is 12.3 Å². The molecule has 0 aliphatic carbocycles. The number of anilines is 1. The number of sulfonamides is 1. The van der Waals surface area contributed by atoms with Crippen molar-refractivity contribution < 1.29 is 8.42 Å². The third kappa shape index (κ3) is 2.90. The Balaban J connectivity index is 2.39. The van der Waals surface area contributed by atoms with Crippen molar-refractivity contribution in [1.29, 1.82) is 0 Å². The van der Waals surface area contributed by atoms with Crippen molar-refractivity contribution in [3.05, 3.63) is 33.3 Å². The van der Waals surface area contributed by atoms with Gasteiger partial charge in [0.1, 0.15) is 10.0 Å². The average molecular weight is 366 g/mol. The van der Waals surface area contributed by atoms with E-state index in [0.29, 0.717) is 21.5 Å². The van der Waals surface area contributed by atoms with Gasteiger partial charge in [-0.1, -0.05) is 11.6 Å². The number of rotatable bonds is 3. The molecule has 9 heteroatoms. The number of aryl methyl sites for hydroxylation is 2. The molecule has 19 heavy (non-hydrogen) atoms. The lowest BCUT2D eigenvalue weighted by atomic mass is 10.4. The molecule has 0 atom stereocenters. The Hall–Kier alpha value is -1.12. The molecule has 0 aliphatic rings. The lowest BCUT2D eigenvalue weighted by Gasteiger charge is -2.08. The first kappa shape index (κ1) is 14.3. The number of hydrogen-bond acceptors (Lipinski definition) is 4. The Bertz CT molecular complexity index is 710. The molecule has 0 saturated heterocycles. The highest BCUT2D eigenvalue weighted by atomic mass is 79.9. The van der Waals surface area contributed by atoms with Gasteiger partial charge in [-0.25, -0.2) is 13.4 Å². The van der Waals surface area contributed by atoms with Gasteiger partial charge in [0.25, 0.3) is 10.0 Å². The summed E-state index contributed by atoms with van der Waals surface area (Å²) in [4.78, 5) is 3.99. The molecule has 0 aliphatic heterocycles. The molecule has 6 nitrogen and oxygen atoms in total. The smallest absolute Gasteiger partial charge is 0.265 e. The molecule has 0 amide bonds. The zero-order chi connectivity index (χ0) is 14.2. The summed E-state index contributed by atoms with van der Waals surface area (Å²) in [5, 5.41) is 6.76. The zero-order valence-corrected chi connectivity index (χ0v) is 13.2. The van der Waals surface area contributed by atoms with Gasteiger partial charge < -0.3 is 0 Å². The Morgan fingerprint density at radius 3 is 2.63 bits per heavy atom. The van der Waals surface area contributed by atoms with Crippen molar-refractivity contribution in [1.82, 2.24) is 15.2 Å². The number of hydrogen-bond donors (Lipinski definition) is 2. The zero-order valence-electron chi connectivity index (χ0n) is 10.0. The minimum atomic E-state index is -3.71. The lowest BCUT2D eigenvalue weighted by molar-refractivity contribution is 0.600. The molecule has 0 spiro atoms. The van der Waals surface area contributed by atoms with Gasteiger partial charge in [0.15, 0.2) is 0 Å². The highest BCUT2D eigenvalue weighted by molar-refractivity contribution is 9.10. The normalized spacial score (nSPS) is 11.6. The molecule has 0 radical (unpaired) electrons. The number of nitrogens with zero attached hydrogens (tertiary/aromatic N) is 2. The molecule has 0 fully saturated rings. The van der Waals surface area contributed by atoms with E-state index in [2.05, 4.69) is 35.8 Å². The second-order valence-electron chi connectivity index (χ2n) is 3.87. The van der Waals surface area contributed by atoms with Crippen molar-refractivity contribution in [2.24, 2.45) is 0 Å². The number of pyridine rings is 1. The predicted molar refractivity (Wildman–Crippen MR) is 75.8 cm³/mol. The fourth-order valence-corrected chi connectivity index (χ4v) is 3.48. The molecule has 2 heterocycles. The third-order valence-electron chi connectivity index (χ3n) is 2.38. The summed E-state index contributed by atoms with van der Waals surface area (Å²) in [6.45, 7) is 3.26. The lowest BCUT2D eigenvalue weighted by Crippen LogP contribution is -2.14. The minimum absolute atomic E-state index is 0.138. The Morgan fingerprint density at radius 1 is 1.42 bits per heavy atom. The van der Waals surface area contributed by atoms with Crippen molar-refractivity contribution in [3.63, 3.8) is 0 Å². The van der Waals surface area contributed by atoms with Gasteiger partial charge in [-0.05, 0) is 35.8 Å². The summed E-state index contributed by atoms with van der Waals surface area (Å²) in [6.07, 6.45) is 1.34. The van der Waals surface area contributed by atoms with Crippen molar-refractivity contribution in [2.75, 3.05) is 4.72 Å². The monoisotopic (exact) mass is 364 g/mol. The number of halogens is 2. The molecule has 2 aromatic rings. The van der Waals surface area contributed by atoms with Crippen LogP contribution >= 0.6 is 27.5 Å². The second-order valence-corrected chi connectivity index (χ2v) is 6.70. The fourth-order valence-electron chi connectivity index (χ4n) is 1.62. The summed E-state index contributed by atoms with van der Waals surface area (Å²) in [5.41, 5.74) is 1.20. The van der Waals surface area contributed by atoms with Crippen molar-refractivity contribution >= 4 is 43.2 Å². The van der Waals surface area contributed by atoms with Crippen LogP contribution in [0.4, 0.5) is 5.69 Å². The molecule has 0 bridgehead atoms. The van der Waals surface area contributed by atoms with E-state index < -0.39 is 10.0 Å². The van der Waals surface area contributed by atoms with Crippen LogP contribution in [-0.4, -0.2) is 23.6 Å². The number of aromatic amines is 1. The highest BCUT2D eigenvalue weighted by Crippen LogP contribution is 2.25. The standard InChI is InChI=1S/C10H10BrClN4O2S/c1-5-9(6(2)15-14-5)19(17,18)16-7-3-8(11)10(12)13-4-7/h3-4,16H,1-2H3,(H,14,15). The van der Waals surface area contributed by atoms with Gasteiger partial charge in [0.05, 0.1) is 27.7 Å². The van der Waals surface area contributed by atoms with E-state index in [9.17, 15) is 8.42 Å². The van der Waals surface area contributed by atoms with E-state index in [0.717, 1.165) is 0 Å². The second kappa shape index (κ2) is 5.10. The quantitative estimate of drug-likeness (QED) is 0.819. The summed E-state index contributed by atoms with van der Waals surface area (Å²) < 4.78 is 27.4. The number of nitrogens with one attached hydrogen (secondary N) is 2. The number of aromatic nitrogens is 3. The molecule has 2 N–H and O–H groups in total. The van der Waals surface area contributed by atoms with Gasteiger partial charge in [-0.15, -0.1) is 0 Å². The van der Waals surface area contributed by atoms with Crippen LogP contribution in [0.15, 0.2) is 21.6 Å². The van der Waals surface area contributed by atoms with Gasteiger partial charge in [0, 0.05) is 0 Å². The summed E-state index contributed by atoms with van der Waals surface area (Å²) in [7, 11) is -3.71. The van der Waals surface area contributed by atoms with E-state index in [-0.39, 0.29) is 10.0 Å². The van der Waals surface area contributed by atoms with E-state index in [1.54, 1.807) is 13.8 Å². The first-order valence-corrected chi connectivity index (χ1v) is 7.82. The van der Waals surface area contributed by atoms with Crippen LogP contribution in [0.5, 0.6) is 0 Å². The predicted octanol–water partition coefficient (Wildman–Crippen LogP) is 2.64. The van der Waals surface area contributed by atoms with Crippen LogP contribution in [0.1, 0.15) is 11.4 Å². The maximum absolute atomic E-state index is 12.3. The highest BCUT2D eigenvalue weighted by Gasteiger charge is 2.22. The average Bonchev–Trinajstić information content (AvgIpc) is 2.64. The molecular formula is C10H10BrClN4O2S. The maximum atomic E-state index is 12.3. The molecule has 0 aromatic carbocycles. The summed E-state index contributed by atoms with van der Waals surface area (Å²) >= 11 is 8.94. The Morgan fingerprint density at radius 2 is 2.11 bits per heavy atom. The maximum Gasteiger partial charge on any atom is 0.265 e. The molecular weight excluding hydrogens is 356 g/mol. The van der Waals surface area contributed by atoms with Gasteiger partial charge in [-0.3, -0.25) is 9.82 Å². The number of H-pyrrole nitrogens is 1. The van der Waals surface area contributed by atoms with E-state index in [4.69, 9.17) is 11.6 Å². The largest absolute Gasteiger partial charge is 0.281 e. The molecule has 102 valence electrons. The van der Waals surface area contributed by atoms with Crippen molar-refractivity contribution in [3.8, 4) is 0 Å². The Labute approximate surface area is 123 Å². The molecule has 2 aromatic heterocycles. The van der Waals surface area contributed by atoms with Gasteiger partial charge >= 0.3 is 0 Å². The van der Waals surface area contributed by atoms with Crippen LogP contribution in [0.2, 0.25) is 5.15 Å². The SMILES string of the molecule is Cc1n[nH]c(C)c1S(=O)(=O)Nc1cnc(Cl)c(Br)c1. The summed E-state index contributed by atoms with van der Waals surface area (Å²) in [5.74, 6) is 0. The van der Waals surface area contributed by atoms with Gasteiger partial charge in [0.2, 0.25) is 0 Å². The first-order valence-electron chi connectivity index (χ1n) is 5.16. The van der Waals surface area contributed by atoms with E-state index in [1.807, 2.05) is 0 Å². The third-order valence-corrected chi connectivity index (χ3v) is 5.16. The van der Waals surface area contributed by atoms with E-state index >= 15 is 0 Å². The van der Waals surface area contributed by atoms with Crippen molar-refractivity contribution in [2.45, 2.75) is 18.7 Å². The van der Waals surface area contributed by atoms with Gasteiger partial charge in [-0.2, -0.15) is 5.10 Å². The molecule has 0 unspecified atom stereocenters. The fraction of sp³-hybridized carbons (Fsp3) is 0.200. The topological polar surface area (TPSA) is 87.7 Å². The van der Waals surface area contributed by atoms with Crippen LogP contribution in [0.25, 0.3) is 0 Å². The van der Waals surface area contributed by atoms with Crippen LogP contribution in [0.3, 0.4) is 0 Å². The molecule has 0 saturated carbocycles. The summed E-state index contributed by atoms with van der Waals surface area (Å²) in [6, 6.07) is 1.54. The first-order chi connectivity index (χ1) is 8.81.